The molecule has 3 rings (SSSR count). The van der Waals surface area contributed by atoms with Gasteiger partial charge in [-0.1, -0.05) is 19.1 Å². The van der Waals surface area contributed by atoms with E-state index >= 15 is 0 Å². The maximum Gasteiger partial charge on any atom is 0.243 e. The van der Waals surface area contributed by atoms with E-state index in [2.05, 4.69) is 12.2 Å². The molecule has 1 N–H and O–H groups in total. The summed E-state index contributed by atoms with van der Waals surface area (Å²) in [6.45, 7) is 3.28. The Morgan fingerprint density at radius 1 is 1.04 bits per heavy atom. The second-order valence-corrected chi connectivity index (χ2v) is 9.46. The third kappa shape index (κ3) is 5.12. The van der Waals surface area contributed by atoms with Crippen molar-refractivity contribution in [3.63, 3.8) is 0 Å². The van der Waals surface area contributed by atoms with Crippen molar-refractivity contribution in [3.05, 3.63) is 54.1 Å². The Balaban J connectivity index is 1.54. The van der Waals surface area contributed by atoms with Crippen LogP contribution in [0.3, 0.4) is 0 Å². The summed E-state index contributed by atoms with van der Waals surface area (Å²) < 4.78 is 26.6. The van der Waals surface area contributed by atoms with Crippen molar-refractivity contribution in [1.82, 2.24) is 4.31 Å². The lowest BCUT2D eigenvalue weighted by atomic mass is 10.1. The van der Waals surface area contributed by atoms with Crippen LogP contribution >= 0.6 is 11.8 Å². The van der Waals surface area contributed by atoms with E-state index in [1.807, 2.05) is 24.3 Å². The number of benzene rings is 2. The molecule has 144 valence electrons. The number of carbonyl (C=O) groups is 1. The third-order valence-corrected chi connectivity index (χ3v) is 7.47. The number of thioether (sulfide) groups is 1. The fraction of sp³-hybridized carbons (Fsp3) is 0.350. The first kappa shape index (κ1) is 19.9. The zero-order valence-electron chi connectivity index (χ0n) is 15.3. The lowest BCUT2D eigenvalue weighted by Crippen LogP contribution is -2.27. The molecule has 1 aliphatic heterocycles. The molecule has 0 unspecified atom stereocenters. The molecule has 0 radical (unpaired) electrons. The fourth-order valence-electron chi connectivity index (χ4n) is 2.96. The maximum absolute atomic E-state index is 12.5. The first-order chi connectivity index (χ1) is 13.0. The van der Waals surface area contributed by atoms with Crippen molar-refractivity contribution in [2.45, 2.75) is 36.0 Å². The van der Waals surface area contributed by atoms with E-state index in [-0.39, 0.29) is 11.7 Å². The molecule has 1 amide bonds. The van der Waals surface area contributed by atoms with Crippen molar-refractivity contribution >= 4 is 33.4 Å². The molecule has 2 aromatic carbocycles. The van der Waals surface area contributed by atoms with Crippen LogP contribution in [0.4, 0.5) is 5.69 Å². The summed E-state index contributed by atoms with van der Waals surface area (Å²) in [6.07, 6.45) is 2.81. The molecule has 7 heteroatoms. The Kier molecular flexibility index (Phi) is 6.57. The van der Waals surface area contributed by atoms with E-state index in [0.29, 0.717) is 18.0 Å². The van der Waals surface area contributed by atoms with Crippen molar-refractivity contribution in [2.75, 3.05) is 24.2 Å². The zero-order chi connectivity index (χ0) is 19.3. The highest BCUT2D eigenvalue weighted by molar-refractivity contribution is 8.00. The predicted molar refractivity (Wildman–Crippen MR) is 110 cm³/mol. The lowest BCUT2D eigenvalue weighted by molar-refractivity contribution is -0.113. The van der Waals surface area contributed by atoms with Gasteiger partial charge >= 0.3 is 0 Å². The molecule has 0 aliphatic carbocycles. The van der Waals surface area contributed by atoms with Gasteiger partial charge in [-0.05, 0) is 61.2 Å². The smallest absolute Gasteiger partial charge is 0.243 e. The van der Waals surface area contributed by atoms with Crippen molar-refractivity contribution in [2.24, 2.45) is 0 Å². The number of carbonyl (C=O) groups excluding carboxylic acids is 1. The Hall–Kier alpha value is -1.83. The molecule has 1 aliphatic rings. The second-order valence-electron chi connectivity index (χ2n) is 6.47. The zero-order valence-corrected chi connectivity index (χ0v) is 17.0. The van der Waals surface area contributed by atoms with Gasteiger partial charge in [-0.2, -0.15) is 4.31 Å². The quantitative estimate of drug-likeness (QED) is 0.714. The highest BCUT2D eigenvalue weighted by Gasteiger charge is 2.26. The van der Waals surface area contributed by atoms with Crippen molar-refractivity contribution in [3.8, 4) is 0 Å². The summed E-state index contributed by atoms with van der Waals surface area (Å²) in [5.41, 5.74) is 2.01. The molecule has 1 saturated heterocycles. The van der Waals surface area contributed by atoms with Gasteiger partial charge in [0.05, 0.1) is 10.6 Å². The normalized spacial score (nSPS) is 15.0. The summed E-state index contributed by atoms with van der Waals surface area (Å²) in [5.74, 6) is 0.186. The Morgan fingerprint density at radius 2 is 1.67 bits per heavy atom. The number of sulfonamides is 1. The number of hydrogen-bond donors (Lipinski definition) is 1. The van der Waals surface area contributed by atoms with Crippen LogP contribution in [0, 0.1) is 0 Å². The van der Waals surface area contributed by atoms with Gasteiger partial charge in [-0.25, -0.2) is 8.42 Å². The van der Waals surface area contributed by atoms with E-state index in [9.17, 15) is 13.2 Å². The molecular formula is C20H24N2O3S2. The van der Waals surface area contributed by atoms with E-state index in [1.54, 1.807) is 24.3 Å². The maximum atomic E-state index is 12.5. The Bertz CT molecular complexity index is 872. The molecule has 0 bridgehead atoms. The van der Waals surface area contributed by atoms with Crippen LogP contribution in [-0.2, 0) is 21.2 Å². The van der Waals surface area contributed by atoms with Crippen LogP contribution in [0.15, 0.2) is 58.3 Å². The first-order valence-electron chi connectivity index (χ1n) is 9.11. The molecule has 0 spiro atoms. The average Bonchev–Trinajstić information content (AvgIpc) is 3.23. The first-order valence-corrected chi connectivity index (χ1v) is 11.5. The monoisotopic (exact) mass is 404 g/mol. The minimum Gasteiger partial charge on any atom is -0.325 e. The Morgan fingerprint density at radius 3 is 2.26 bits per heavy atom. The average molecular weight is 405 g/mol. The third-order valence-electron chi connectivity index (χ3n) is 4.54. The molecular weight excluding hydrogens is 380 g/mol. The predicted octanol–water partition coefficient (Wildman–Crippen LogP) is 3.76. The standard InChI is InChI=1S/C20H24N2O3S2/c1-2-16-5-7-17(8-6-16)21-20(23)15-26-18-9-11-19(12-10-18)27(24,25)22-13-3-4-14-22/h5-12H,2-4,13-15H2,1H3,(H,21,23). The van der Waals surface area contributed by atoms with Gasteiger partial charge in [0.1, 0.15) is 0 Å². The lowest BCUT2D eigenvalue weighted by Gasteiger charge is -2.15. The SMILES string of the molecule is CCc1ccc(NC(=O)CSc2ccc(S(=O)(=O)N3CCCC3)cc2)cc1. The van der Waals surface area contributed by atoms with E-state index < -0.39 is 10.0 Å². The molecule has 2 aromatic rings. The van der Waals surface area contributed by atoms with Gasteiger partial charge in [-0.3, -0.25) is 4.79 Å². The van der Waals surface area contributed by atoms with Crippen LogP contribution in [-0.4, -0.2) is 37.5 Å². The number of amides is 1. The molecule has 27 heavy (non-hydrogen) atoms. The summed E-state index contributed by atoms with van der Waals surface area (Å²) in [5, 5.41) is 2.87. The largest absolute Gasteiger partial charge is 0.325 e. The van der Waals surface area contributed by atoms with Gasteiger partial charge in [0.25, 0.3) is 0 Å². The number of nitrogens with one attached hydrogen (secondary N) is 1. The number of nitrogens with zero attached hydrogens (tertiary/aromatic N) is 1. The molecule has 5 nitrogen and oxygen atoms in total. The molecule has 0 aromatic heterocycles. The van der Waals surface area contributed by atoms with E-state index in [4.69, 9.17) is 0 Å². The topological polar surface area (TPSA) is 66.5 Å². The highest BCUT2D eigenvalue weighted by atomic mass is 32.2. The van der Waals surface area contributed by atoms with Gasteiger partial charge in [-0.15, -0.1) is 11.8 Å². The van der Waals surface area contributed by atoms with Crippen LogP contribution in [0.2, 0.25) is 0 Å². The highest BCUT2D eigenvalue weighted by Crippen LogP contribution is 2.24. The molecule has 0 saturated carbocycles. The summed E-state index contributed by atoms with van der Waals surface area (Å²) in [4.78, 5) is 13.3. The van der Waals surface area contributed by atoms with Gasteiger partial charge in [0.2, 0.25) is 15.9 Å². The van der Waals surface area contributed by atoms with Crippen LogP contribution < -0.4 is 5.32 Å². The Labute approximate surface area is 165 Å². The van der Waals surface area contributed by atoms with E-state index in [0.717, 1.165) is 29.8 Å². The van der Waals surface area contributed by atoms with Crippen LogP contribution in [0.25, 0.3) is 0 Å². The molecule has 0 atom stereocenters. The molecule has 1 fully saturated rings. The van der Waals surface area contributed by atoms with Gasteiger partial charge in [0, 0.05) is 23.7 Å². The van der Waals surface area contributed by atoms with Crippen LogP contribution in [0.1, 0.15) is 25.3 Å². The summed E-state index contributed by atoms with van der Waals surface area (Å²) >= 11 is 1.39. The number of aryl methyl sites for hydroxylation is 1. The number of hydrogen-bond acceptors (Lipinski definition) is 4. The van der Waals surface area contributed by atoms with Gasteiger partial charge in [0.15, 0.2) is 0 Å². The van der Waals surface area contributed by atoms with Crippen LogP contribution in [0.5, 0.6) is 0 Å². The van der Waals surface area contributed by atoms with Crippen molar-refractivity contribution in [1.29, 1.82) is 0 Å². The second kappa shape index (κ2) is 8.91. The van der Waals surface area contributed by atoms with Gasteiger partial charge < -0.3 is 5.32 Å². The summed E-state index contributed by atoms with van der Waals surface area (Å²) in [7, 11) is -3.39. The fourth-order valence-corrected chi connectivity index (χ4v) is 5.17. The number of rotatable bonds is 7. The van der Waals surface area contributed by atoms with Crippen molar-refractivity contribution < 1.29 is 13.2 Å². The minimum absolute atomic E-state index is 0.0852. The minimum atomic E-state index is -3.39. The molecule has 1 heterocycles. The summed E-state index contributed by atoms with van der Waals surface area (Å²) in [6, 6.07) is 14.6. The number of anilines is 1. The van der Waals surface area contributed by atoms with E-state index in [1.165, 1.54) is 21.6 Å².